The van der Waals surface area contributed by atoms with Gasteiger partial charge in [-0.05, 0) is 24.7 Å². The fourth-order valence-electron chi connectivity index (χ4n) is 1.48. The van der Waals surface area contributed by atoms with E-state index in [4.69, 9.17) is 16.9 Å². The van der Waals surface area contributed by atoms with Crippen molar-refractivity contribution < 1.29 is 0 Å². The number of aromatic nitrogens is 3. The highest BCUT2D eigenvalue weighted by Gasteiger charge is 2.06. The van der Waals surface area contributed by atoms with Crippen molar-refractivity contribution in [3.63, 3.8) is 0 Å². The van der Waals surface area contributed by atoms with E-state index in [1.165, 1.54) is 11.0 Å². The van der Waals surface area contributed by atoms with E-state index in [-0.39, 0.29) is 5.82 Å². The van der Waals surface area contributed by atoms with Gasteiger partial charge in [0.15, 0.2) is 0 Å². The summed E-state index contributed by atoms with van der Waals surface area (Å²) < 4.78 is 1.49. The van der Waals surface area contributed by atoms with Crippen LogP contribution in [0.4, 0.5) is 0 Å². The lowest BCUT2D eigenvalue weighted by Gasteiger charge is -2.06. The molecule has 1 aromatic heterocycles. The lowest BCUT2D eigenvalue weighted by atomic mass is 10.2. The van der Waals surface area contributed by atoms with Crippen LogP contribution in [0.1, 0.15) is 11.4 Å². The van der Waals surface area contributed by atoms with Crippen LogP contribution >= 0.6 is 11.6 Å². The third kappa shape index (κ3) is 2.44. The van der Waals surface area contributed by atoms with Gasteiger partial charge >= 0.3 is 0 Å². The molecule has 2 aromatic rings. The highest BCUT2D eigenvalue weighted by molar-refractivity contribution is 6.32. The SMILES string of the molecule is CNCc1ccc(-n2cnc(C#N)n2)c(Cl)c1. The summed E-state index contributed by atoms with van der Waals surface area (Å²) in [5.74, 6) is 0.125. The van der Waals surface area contributed by atoms with Crippen LogP contribution in [-0.4, -0.2) is 21.8 Å². The molecular weight excluding hydrogens is 238 g/mol. The van der Waals surface area contributed by atoms with Gasteiger partial charge in [0.25, 0.3) is 5.82 Å². The Balaban J connectivity index is 2.36. The monoisotopic (exact) mass is 247 g/mol. The molecule has 0 saturated heterocycles. The molecule has 0 amide bonds. The molecule has 5 nitrogen and oxygen atoms in total. The minimum atomic E-state index is 0.125. The Labute approximate surface area is 104 Å². The lowest BCUT2D eigenvalue weighted by molar-refractivity contribution is 0.815. The number of nitrogens with zero attached hydrogens (tertiary/aromatic N) is 4. The first kappa shape index (κ1) is 11.6. The molecule has 1 heterocycles. The Morgan fingerprint density at radius 1 is 1.53 bits per heavy atom. The van der Waals surface area contributed by atoms with Crippen molar-refractivity contribution in [1.29, 1.82) is 5.26 Å². The molecule has 1 aromatic carbocycles. The van der Waals surface area contributed by atoms with E-state index >= 15 is 0 Å². The molecule has 0 atom stereocenters. The summed E-state index contributed by atoms with van der Waals surface area (Å²) in [7, 11) is 1.87. The van der Waals surface area contributed by atoms with Gasteiger partial charge in [-0.25, -0.2) is 9.67 Å². The maximum absolute atomic E-state index is 8.65. The zero-order chi connectivity index (χ0) is 12.3. The fraction of sp³-hybridized carbons (Fsp3) is 0.182. The Morgan fingerprint density at radius 3 is 2.94 bits per heavy atom. The van der Waals surface area contributed by atoms with Crippen molar-refractivity contribution in [1.82, 2.24) is 20.1 Å². The van der Waals surface area contributed by atoms with Crippen LogP contribution < -0.4 is 5.32 Å². The molecule has 1 N–H and O–H groups in total. The van der Waals surface area contributed by atoms with Crippen LogP contribution in [0.5, 0.6) is 0 Å². The molecule has 0 bridgehead atoms. The number of nitriles is 1. The van der Waals surface area contributed by atoms with Crippen molar-refractivity contribution in [3.8, 4) is 11.8 Å². The van der Waals surface area contributed by atoms with Crippen molar-refractivity contribution in [2.75, 3.05) is 7.05 Å². The van der Waals surface area contributed by atoms with Crippen LogP contribution in [-0.2, 0) is 6.54 Å². The molecule has 86 valence electrons. The van der Waals surface area contributed by atoms with Gasteiger partial charge in [0.2, 0.25) is 0 Å². The maximum Gasteiger partial charge on any atom is 0.252 e. The van der Waals surface area contributed by atoms with Gasteiger partial charge in [-0.2, -0.15) is 5.26 Å². The standard InChI is InChI=1S/C11H10ClN5/c1-14-6-8-2-3-10(9(12)4-8)17-7-15-11(5-13)16-17/h2-4,7,14H,6H2,1H3. The van der Waals surface area contributed by atoms with Crippen LogP contribution in [0.3, 0.4) is 0 Å². The third-order valence-electron chi connectivity index (χ3n) is 2.23. The second-order valence-corrected chi connectivity index (χ2v) is 3.85. The van der Waals surface area contributed by atoms with E-state index in [0.717, 1.165) is 12.1 Å². The largest absolute Gasteiger partial charge is 0.316 e. The van der Waals surface area contributed by atoms with E-state index in [1.54, 1.807) is 0 Å². The molecule has 6 heteroatoms. The first-order valence-corrected chi connectivity index (χ1v) is 5.37. The van der Waals surface area contributed by atoms with Gasteiger partial charge in [-0.15, -0.1) is 5.10 Å². The quantitative estimate of drug-likeness (QED) is 0.893. The molecule has 0 aliphatic rings. The van der Waals surface area contributed by atoms with Crippen molar-refractivity contribution in [2.24, 2.45) is 0 Å². The summed E-state index contributed by atoms with van der Waals surface area (Å²) in [6.07, 6.45) is 1.47. The number of rotatable bonds is 3. The summed E-state index contributed by atoms with van der Waals surface area (Å²) in [5, 5.41) is 16.3. The van der Waals surface area contributed by atoms with Crippen molar-refractivity contribution >= 4 is 11.6 Å². The van der Waals surface area contributed by atoms with Gasteiger partial charge in [0.05, 0.1) is 10.7 Å². The van der Waals surface area contributed by atoms with Crippen LogP contribution in [0, 0.1) is 11.3 Å². The average Bonchev–Trinajstić information content (AvgIpc) is 2.78. The van der Waals surface area contributed by atoms with Gasteiger partial charge in [0.1, 0.15) is 12.4 Å². The Kier molecular flexibility index (Phi) is 3.38. The predicted molar refractivity (Wildman–Crippen MR) is 63.8 cm³/mol. The third-order valence-corrected chi connectivity index (χ3v) is 2.53. The molecule has 0 aliphatic heterocycles. The number of halogens is 1. The summed E-state index contributed by atoms with van der Waals surface area (Å²) in [5.41, 5.74) is 1.79. The fourth-order valence-corrected chi connectivity index (χ4v) is 1.77. The van der Waals surface area contributed by atoms with Crippen LogP contribution in [0.2, 0.25) is 5.02 Å². The average molecular weight is 248 g/mol. The van der Waals surface area contributed by atoms with Crippen molar-refractivity contribution in [3.05, 3.63) is 40.9 Å². The van der Waals surface area contributed by atoms with E-state index < -0.39 is 0 Å². The molecular formula is C11H10ClN5. The Bertz CT molecular complexity index is 569. The molecule has 0 radical (unpaired) electrons. The van der Waals surface area contributed by atoms with Gasteiger partial charge in [-0.3, -0.25) is 0 Å². The molecule has 0 saturated carbocycles. The second kappa shape index (κ2) is 4.95. The first-order chi connectivity index (χ1) is 8.24. The van der Waals surface area contributed by atoms with E-state index in [2.05, 4.69) is 15.4 Å². The van der Waals surface area contributed by atoms with Crippen molar-refractivity contribution in [2.45, 2.75) is 6.54 Å². The zero-order valence-electron chi connectivity index (χ0n) is 9.18. The summed E-state index contributed by atoms with van der Waals surface area (Å²) in [6, 6.07) is 7.54. The predicted octanol–water partition coefficient (Wildman–Crippen LogP) is 1.51. The molecule has 0 spiro atoms. The Hall–Kier alpha value is -1.90. The number of hydrogen-bond donors (Lipinski definition) is 1. The summed E-state index contributed by atoms with van der Waals surface area (Å²) >= 11 is 6.15. The van der Waals surface area contributed by atoms with Gasteiger partial charge in [-0.1, -0.05) is 17.7 Å². The number of hydrogen-bond acceptors (Lipinski definition) is 4. The lowest BCUT2D eigenvalue weighted by Crippen LogP contribution is -2.05. The second-order valence-electron chi connectivity index (χ2n) is 3.44. The van der Waals surface area contributed by atoms with E-state index in [9.17, 15) is 0 Å². The summed E-state index contributed by atoms with van der Waals surface area (Å²) in [6.45, 7) is 0.751. The Morgan fingerprint density at radius 2 is 2.35 bits per heavy atom. The highest BCUT2D eigenvalue weighted by Crippen LogP contribution is 2.21. The molecule has 0 aliphatic carbocycles. The van der Waals surface area contributed by atoms with E-state index in [1.807, 2.05) is 31.3 Å². The number of benzene rings is 1. The zero-order valence-corrected chi connectivity index (χ0v) is 9.94. The smallest absolute Gasteiger partial charge is 0.252 e. The number of nitrogens with one attached hydrogen (secondary N) is 1. The maximum atomic E-state index is 8.65. The minimum Gasteiger partial charge on any atom is -0.316 e. The normalized spacial score (nSPS) is 10.2. The topological polar surface area (TPSA) is 66.5 Å². The first-order valence-electron chi connectivity index (χ1n) is 4.99. The molecule has 0 fully saturated rings. The summed E-state index contributed by atoms with van der Waals surface area (Å²) in [4.78, 5) is 3.83. The van der Waals surface area contributed by atoms with Crippen LogP contribution in [0.25, 0.3) is 5.69 Å². The molecule has 17 heavy (non-hydrogen) atoms. The van der Waals surface area contributed by atoms with Gasteiger partial charge in [0, 0.05) is 6.54 Å². The van der Waals surface area contributed by atoms with Gasteiger partial charge < -0.3 is 5.32 Å². The molecule has 0 unspecified atom stereocenters. The van der Waals surface area contributed by atoms with E-state index in [0.29, 0.717) is 10.7 Å². The molecule has 2 rings (SSSR count). The minimum absolute atomic E-state index is 0.125. The van der Waals surface area contributed by atoms with Crippen LogP contribution in [0.15, 0.2) is 24.5 Å². The highest BCUT2D eigenvalue weighted by atomic mass is 35.5.